The summed E-state index contributed by atoms with van der Waals surface area (Å²) < 4.78 is 14.0. The van der Waals surface area contributed by atoms with E-state index in [0.717, 1.165) is 37.3 Å². The summed E-state index contributed by atoms with van der Waals surface area (Å²) in [4.78, 5) is 2.33. The molecule has 0 aliphatic carbocycles. The molecule has 2 aromatic rings. The SMILES string of the molecule is OC[C@@H]1COCCN(Cc2ccc3nsnc3c2)C1. The van der Waals surface area contributed by atoms with Gasteiger partial charge in [-0.05, 0) is 17.7 Å². The summed E-state index contributed by atoms with van der Waals surface area (Å²) in [7, 11) is 0. The first-order chi connectivity index (χ1) is 9.35. The summed E-state index contributed by atoms with van der Waals surface area (Å²) in [6, 6.07) is 6.22. The Balaban J connectivity index is 1.71. The van der Waals surface area contributed by atoms with Gasteiger partial charge in [-0.25, -0.2) is 0 Å². The molecule has 102 valence electrons. The summed E-state index contributed by atoms with van der Waals surface area (Å²) in [5.74, 6) is 0.215. The van der Waals surface area contributed by atoms with Crippen LogP contribution in [-0.4, -0.2) is 51.7 Å². The molecule has 0 spiro atoms. The Morgan fingerprint density at radius 1 is 1.37 bits per heavy atom. The van der Waals surface area contributed by atoms with E-state index in [0.29, 0.717) is 6.61 Å². The Kier molecular flexibility index (Phi) is 4.03. The molecule has 1 aliphatic heterocycles. The number of fused-ring (bicyclic) bond motifs is 1. The summed E-state index contributed by atoms with van der Waals surface area (Å²) in [5, 5.41) is 9.29. The zero-order chi connectivity index (χ0) is 13.1. The third-order valence-electron chi connectivity index (χ3n) is 3.40. The fourth-order valence-corrected chi connectivity index (χ4v) is 2.91. The standard InChI is InChI=1S/C13H17N3O2S/c17-8-11-7-16(3-4-18-9-11)6-10-1-2-12-13(5-10)15-19-14-12/h1-2,5,11,17H,3-4,6-9H2/t11-/m1/s1. The van der Waals surface area contributed by atoms with Crippen molar-refractivity contribution >= 4 is 22.8 Å². The van der Waals surface area contributed by atoms with Crippen molar-refractivity contribution in [2.24, 2.45) is 5.92 Å². The van der Waals surface area contributed by atoms with E-state index in [2.05, 4.69) is 25.8 Å². The molecule has 1 aliphatic rings. The highest BCUT2D eigenvalue weighted by Crippen LogP contribution is 2.16. The molecule has 2 heterocycles. The predicted octanol–water partition coefficient (Wildman–Crippen LogP) is 1.13. The lowest BCUT2D eigenvalue weighted by atomic mass is 10.1. The molecule has 1 saturated heterocycles. The highest BCUT2D eigenvalue weighted by atomic mass is 32.1. The molecular weight excluding hydrogens is 262 g/mol. The third kappa shape index (κ3) is 3.09. The van der Waals surface area contributed by atoms with Gasteiger partial charge < -0.3 is 9.84 Å². The highest BCUT2D eigenvalue weighted by Gasteiger charge is 2.18. The van der Waals surface area contributed by atoms with Gasteiger partial charge in [0.1, 0.15) is 11.0 Å². The number of hydrogen-bond acceptors (Lipinski definition) is 6. The van der Waals surface area contributed by atoms with Gasteiger partial charge in [-0.1, -0.05) is 6.07 Å². The number of aliphatic hydroxyl groups excluding tert-OH is 1. The molecule has 0 unspecified atom stereocenters. The molecule has 0 saturated carbocycles. The second kappa shape index (κ2) is 5.92. The van der Waals surface area contributed by atoms with Crippen LogP contribution in [0, 0.1) is 5.92 Å². The van der Waals surface area contributed by atoms with E-state index in [1.807, 2.05) is 6.07 Å². The second-order valence-corrected chi connectivity index (χ2v) is 5.47. The zero-order valence-electron chi connectivity index (χ0n) is 10.7. The molecule has 1 N–H and O–H groups in total. The van der Waals surface area contributed by atoms with Crippen molar-refractivity contribution in [2.45, 2.75) is 6.54 Å². The number of aromatic nitrogens is 2. The first-order valence-corrected chi connectivity index (χ1v) is 7.20. The molecule has 1 atom stereocenters. The van der Waals surface area contributed by atoms with E-state index in [1.165, 1.54) is 17.3 Å². The smallest absolute Gasteiger partial charge is 0.105 e. The molecule has 6 heteroatoms. The monoisotopic (exact) mass is 279 g/mol. The summed E-state index contributed by atoms with van der Waals surface area (Å²) in [6.45, 7) is 4.23. The number of ether oxygens (including phenoxy) is 1. The lowest BCUT2D eigenvalue weighted by Crippen LogP contribution is -2.30. The predicted molar refractivity (Wildman–Crippen MR) is 74.1 cm³/mol. The summed E-state index contributed by atoms with van der Waals surface area (Å²) in [6.07, 6.45) is 0. The highest BCUT2D eigenvalue weighted by molar-refractivity contribution is 7.00. The van der Waals surface area contributed by atoms with Gasteiger partial charge >= 0.3 is 0 Å². The molecule has 1 aromatic heterocycles. The Bertz CT molecular complexity index is 545. The zero-order valence-corrected chi connectivity index (χ0v) is 11.5. The number of nitrogens with zero attached hydrogens (tertiary/aromatic N) is 3. The van der Waals surface area contributed by atoms with E-state index in [4.69, 9.17) is 4.74 Å². The maximum atomic E-state index is 9.29. The van der Waals surface area contributed by atoms with Crippen molar-refractivity contribution in [1.82, 2.24) is 13.6 Å². The van der Waals surface area contributed by atoms with Crippen molar-refractivity contribution < 1.29 is 9.84 Å². The first kappa shape index (κ1) is 12.9. The van der Waals surface area contributed by atoms with Crippen LogP contribution in [0.1, 0.15) is 5.56 Å². The van der Waals surface area contributed by atoms with Crippen LogP contribution in [0.25, 0.3) is 11.0 Å². The normalized spacial score (nSPS) is 21.6. The Morgan fingerprint density at radius 3 is 3.16 bits per heavy atom. The molecule has 0 bridgehead atoms. The largest absolute Gasteiger partial charge is 0.396 e. The Morgan fingerprint density at radius 2 is 2.26 bits per heavy atom. The first-order valence-electron chi connectivity index (χ1n) is 6.47. The molecule has 3 rings (SSSR count). The topological polar surface area (TPSA) is 58.5 Å². The maximum Gasteiger partial charge on any atom is 0.105 e. The average molecular weight is 279 g/mol. The van der Waals surface area contributed by atoms with Gasteiger partial charge in [0, 0.05) is 32.2 Å². The minimum Gasteiger partial charge on any atom is -0.396 e. The van der Waals surface area contributed by atoms with E-state index in [-0.39, 0.29) is 12.5 Å². The van der Waals surface area contributed by atoms with Crippen LogP contribution in [0.3, 0.4) is 0 Å². The second-order valence-electron chi connectivity index (χ2n) is 4.95. The van der Waals surface area contributed by atoms with Crippen molar-refractivity contribution in [1.29, 1.82) is 0 Å². The van der Waals surface area contributed by atoms with Gasteiger partial charge in [-0.15, -0.1) is 0 Å². The van der Waals surface area contributed by atoms with Crippen molar-refractivity contribution in [2.75, 3.05) is 32.9 Å². The van der Waals surface area contributed by atoms with Crippen molar-refractivity contribution in [3.63, 3.8) is 0 Å². The van der Waals surface area contributed by atoms with Crippen LogP contribution in [0.4, 0.5) is 0 Å². The molecule has 1 aromatic carbocycles. The van der Waals surface area contributed by atoms with E-state index in [1.54, 1.807) is 0 Å². The molecule has 0 radical (unpaired) electrons. The fourth-order valence-electron chi connectivity index (χ4n) is 2.39. The van der Waals surface area contributed by atoms with Crippen molar-refractivity contribution in [3.05, 3.63) is 23.8 Å². The number of aliphatic hydroxyl groups is 1. The molecule has 0 amide bonds. The molecule has 5 nitrogen and oxygen atoms in total. The van der Waals surface area contributed by atoms with Crippen LogP contribution in [-0.2, 0) is 11.3 Å². The van der Waals surface area contributed by atoms with Crippen molar-refractivity contribution in [3.8, 4) is 0 Å². The van der Waals surface area contributed by atoms with Crippen LogP contribution >= 0.6 is 11.7 Å². The lowest BCUT2D eigenvalue weighted by Gasteiger charge is -2.22. The minimum atomic E-state index is 0.186. The van der Waals surface area contributed by atoms with Crippen LogP contribution in [0.5, 0.6) is 0 Å². The van der Waals surface area contributed by atoms with Gasteiger partial charge in [-0.3, -0.25) is 4.90 Å². The molecular formula is C13H17N3O2S. The quantitative estimate of drug-likeness (QED) is 0.913. The Hall–Kier alpha value is -1.08. The summed E-state index contributed by atoms with van der Waals surface area (Å²) >= 11 is 1.25. The summed E-state index contributed by atoms with van der Waals surface area (Å²) in [5.41, 5.74) is 3.16. The maximum absolute atomic E-state index is 9.29. The van der Waals surface area contributed by atoms with Crippen LogP contribution < -0.4 is 0 Å². The van der Waals surface area contributed by atoms with Gasteiger partial charge in [-0.2, -0.15) is 8.75 Å². The van der Waals surface area contributed by atoms with E-state index < -0.39 is 0 Å². The number of rotatable bonds is 3. The number of hydrogen-bond donors (Lipinski definition) is 1. The van der Waals surface area contributed by atoms with Gasteiger partial charge in [0.15, 0.2) is 0 Å². The van der Waals surface area contributed by atoms with E-state index in [9.17, 15) is 5.11 Å². The lowest BCUT2D eigenvalue weighted by molar-refractivity contribution is 0.0958. The van der Waals surface area contributed by atoms with Crippen LogP contribution in [0.15, 0.2) is 18.2 Å². The van der Waals surface area contributed by atoms with Gasteiger partial charge in [0.2, 0.25) is 0 Å². The Labute approximate surface area is 116 Å². The van der Waals surface area contributed by atoms with Gasteiger partial charge in [0.05, 0.1) is 24.9 Å². The average Bonchev–Trinajstić information content (AvgIpc) is 2.77. The third-order valence-corrected chi connectivity index (χ3v) is 3.96. The van der Waals surface area contributed by atoms with Gasteiger partial charge in [0.25, 0.3) is 0 Å². The minimum absolute atomic E-state index is 0.186. The van der Waals surface area contributed by atoms with Crippen LogP contribution in [0.2, 0.25) is 0 Å². The number of benzene rings is 1. The fraction of sp³-hybridized carbons (Fsp3) is 0.538. The molecule has 1 fully saturated rings. The molecule has 19 heavy (non-hydrogen) atoms. The van der Waals surface area contributed by atoms with E-state index >= 15 is 0 Å².